The summed E-state index contributed by atoms with van der Waals surface area (Å²) in [6.07, 6.45) is 0.260. The van der Waals surface area contributed by atoms with Crippen LogP contribution in [-0.2, 0) is 15.1 Å². The molecule has 0 saturated carbocycles. The number of likely N-dealkylation sites (tertiary alicyclic amines) is 1. The highest BCUT2D eigenvalue weighted by Crippen LogP contribution is 2.35. The predicted octanol–water partition coefficient (Wildman–Crippen LogP) is -0.402. The fourth-order valence-electron chi connectivity index (χ4n) is 3.44. The number of anilines is 1. The molecule has 11 nitrogen and oxygen atoms in total. The first kappa shape index (κ1) is 21.0. The first-order valence-electron chi connectivity index (χ1n) is 9.01. The fraction of sp³-hybridized carbons (Fsp3) is 0.471. The van der Waals surface area contributed by atoms with Crippen molar-refractivity contribution in [3.05, 3.63) is 29.8 Å². The molecule has 0 aliphatic carbocycles. The van der Waals surface area contributed by atoms with E-state index in [1.807, 2.05) is 19.0 Å². The van der Waals surface area contributed by atoms with E-state index in [9.17, 15) is 22.8 Å². The molecule has 0 spiro atoms. The molecule has 4 amide bonds. The second-order valence-corrected chi connectivity index (χ2v) is 8.46. The smallest absolute Gasteiger partial charge is 0.351 e. The number of β-lactam (4-membered cyclic amide) rings is 1. The molecule has 2 fully saturated rings. The van der Waals surface area contributed by atoms with Crippen molar-refractivity contribution < 1.29 is 27.4 Å². The third kappa shape index (κ3) is 4.33. The van der Waals surface area contributed by atoms with Crippen molar-refractivity contribution in [2.75, 3.05) is 39.0 Å². The average Bonchev–Trinajstić information content (AvgIpc) is 2.99. The van der Waals surface area contributed by atoms with Crippen LogP contribution in [0.15, 0.2) is 24.3 Å². The standard InChI is InChI=1S/C17H23N5O6S/c1-20(2)10-8-18-15(23)11-3-5-12(6-4-11)19-17(25)21-9-7-13-14(21)16(24)22(13)29(26,27)28/h3-6,13-14H,7-10H2,1-2H3,(H,18,23)(H,19,25)(H,26,27,28)/t13-,14+/m1/s1. The molecule has 0 aromatic heterocycles. The predicted molar refractivity (Wildman–Crippen MR) is 104 cm³/mol. The Hall–Kier alpha value is -2.70. The molecule has 2 atom stereocenters. The van der Waals surface area contributed by atoms with E-state index in [4.69, 9.17) is 4.55 Å². The molecular formula is C17H23N5O6S. The molecule has 0 radical (unpaired) electrons. The van der Waals surface area contributed by atoms with Crippen LogP contribution >= 0.6 is 0 Å². The highest BCUT2D eigenvalue weighted by atomic mass is 32.2. The van der Waals surface area contributed by atoms with Crippen LogP contribution in [0.2, 0.25) is 0 Å². The van der Waals surface area contributed by atoms with E-state index in [2.05, 4.69) is 10.6 Å². The fourth-order valence-corrected chi connectivity index (χ4v) is 4.34. The molecule has 12 heteroatoms. The van der Waals surface area contributed by atoms with Crippen molar-refractivity contribution in [1.82, 2.24) is 19.4 Å². The van der Waals surface area contributed by atoms with Gasteiger partial charge in [-0.1, -0.05) is 0 Å². The highest BCUT2D eigenvalue weighted by molar-refractivity contribution is 7.84. The Morgan fingerprint density at radius 2 is 1.90 bits per heavy atom. The van der Waals surface area contributed by atoms with Crippen LogP contribution in [0.5, 0.6) is 0 Å². The van der Waals surface area contributed by atoms with Crippen molar-refractivity contribution in [2.45, 2.75) is 18.5 Å². The summed E-state index contributed by atoms with van der Waals surface area (Å²) >= 11 is 0. The minimum Gasteiger partial charge on any atom is -0.351 e. The summed E-state index contributed by atoms with van der Waals surface area (Å²) in [4.78, 5) is 39.8. The minimum atomic E-state index is -4.62. The maximum absolute atomic E-state index is 12.5. The summed E-state index contributed by atoms with van der Waals surface area (Å²) in [6, 6.07) is 4.09. The maximum Gasteiger partial charge on any atom is 0.362 e. The number of carbonyl (C=O) groups is 3. The molecule has 3 rings (SSSR count). The summed E-state index contributed by atoms with van der Waals surface area (Å²) < 4.78 is 32.0. The number of hydrogen-bond donors (Lipinski definition) is 3. The highest BCUT2D eigenvalue weighted by Gasteiger charge is 2.60. The SMILES string of the molecule is CN(C)CCNC(=O)c1ccc(NC(=O)N2CC[C@@H]3[C@H]2C(=O)N3S(=O)(=O)O)cc1. The van der Waals surface area contributed by atoms with Gasteiger partial charge in [0, 0.05) is 30.9 Å². The Kier molecular flexibility index (Phi) is 5.78. The quantitative estimate of drug-likeness (QED) is 0.416. The Balaban J connectivity index is 1.57. The lowest BCUT2D eigenvalue weighted by Gasteiger charge is -2.42. The van der Waals surface area contributed by atoms with Gasteiger partial charge in [0.25, 0.3) is 11.8 Å². The minimum absolute atomic E-state index is 0.186. The second-order valence-electron chi connectivity index (χ2n) is 7.17. The number of nitrogens with one attached hydrogen (secondary N) is 2. The van der Waals surface area contributed by atoms with Crippen LogP contribution in [0.3, 0.4) is 0 Å². The van der Waals surface area contributed by atoms with Gasteiger partial charge in [-0.25, -0.2) is 9.10 Å². The summed E-state index contributed by atoms with van der Waals surface area (Å²) in [5, 5.41) is 5.42. The Morgan fingerprint density at radius 1 is 1.24 bits per heavy atom. The summed E-state index contributed by atoms with van der Waals surface area (Å²) in [5.41, 5.74) is 0.877. The number of nitrogens with zero attached hydrogens (tertiary/aromatic N) is 3. The Labute approximate surface area is 168 Å². The number of likely N-dealkylation sites (N-methyl/N-ethyl adjacent to an activating group) is 1. The van der Waals surface area contributed by atoms with Gasteiger partial charge in [0.05, 0.1) is 6.04 Å². The van der Waals surface area contributed by atoms with Crippen LogP contribution in [-0.4, -0.2) is 90.7 Å². The molecular weight excluding hydrogens is 402 g/mol. The van der Waals surface area contributed by atoms with E-state index in [0.717, 1.165) is 0 Å². The topological polar surface area (TPSA) is 139 Å². The zero-order valence-electron chi connectivity index (χ0n) is 16.0. The van der Waals surface area contributed by atoms with Crippen molar-refractivity contribution in [2.24, 2.45) is 0 Å². The van der Waals surface area contributed by atoms with E-state index >= 15 is 0 Å². The molecule has 0 bridgehead atoms. The first-order chi connectivity index (χ1) is 13.6. The first-order valence-corrected chi connectivity index (χ1v) is 10.4. The summed E-state index contributed by atoms with van der Waals surface area (Å²) in [6.45, 7) is 1.41. The van der Waals surface area contributed by atoms with E-state index in [1.54, 1.807) is 24.3 Å². The molecule has 2 aliphatic heterocycles. The van der Waals surface area contributed by atoms with Crippen LogP contribution in [0.25, 0.3) is 0 Å². The van der Waals surface area contributed by atoms with E-state index in [0.29, 0.717) is 28.6 Å². The lowest BCUT2D eigenvalue weighted by molar-refractivity contribution is -0.143. The van der Waals surface area contributed by atoms with Crippen LogP contribution in [0.1, 0.15) is 16.8 Å². The molecule has 2 heterocycles. The lowest BCUT2D eigenvalue weighted by Crippen LogP contribution is -2.68. The largest absolute Gasteiger partial charge is 0.362 e. The zero-order valence-corrected chi connectivity index (χ0v) is 16.8. The number of urea groups is 1. The van der Waals surface area contributed by atoms with Crippen molar-refractivity contribution in [3.63, 3.8) is 0 Å². The van der Waals surface area contributed by atoms with Gasteiger partial charge in [0.1, 0.15) is 6.04 Å². The van der Waals surface area contributed by atoms with Crippen molar-refractivity contribution in [1.29, 1.82) is 0 Å². The van der Waals surface area contributed by atoms with E-state index in [-0.39, 0.29) is 18.9 Å². The van der Waals surface area contributed by atoms with Crippen LogP contribution in [0.4, 0.5) is 10.5 Å². The normalized spacial score (nSPS) is 21.0. The van der Waals surface area contributed by atoms with E-state index < -0.39 is 34.3 Å². The van der Waals surface area contributed by atoms with Gasteiger partial charge >= 0.3 is 16.3 Å². The number of carbonyl (C=O) groups excluding carboxylic acids is 3. The number of amides is 4. The summed E-state index contributed by atoms with van der Waals surface area (Å²) in [7, 11) is -0.804. The molecule has 2 aliphatic rings. The second kappa shape index (κ2) is 7.97. The molecule has 1 aromatic rings. The molecule has 1 aromatic carbocycles. The van der Waals surface area contributed by atoms with Gasteiger partial charge in [0.15, 0.2) is 0 Å². The number of fused-ring (bicyclic) bond motifs is 1. The Bertz CT molecular complexity index is 917. The maximum atomic E-state index is 12.5. The average molecular weight is 425 g/mol. The number of benzene rings is 1. The summed E-state index contributed by atoms with van der Waals surface area (Å²) in [5.74, 6) is -1.05. The molecule has 158 valence electrons. The van der Waals surface area contributed by atoms with E-state index in [1.165, 1.54) is 4.90 Å². The van der Waals surface area contributed by atoms with Gasteiger partial charge in [-0.2, -0.15) is 8.42 Å². The lowest BCUT2D eigenvalue weighted by atomic mass is 10.0. The third-order valence-corrected chi connectivity index (χ3v) is 5.84. The molecule has 29 heavy (non-hydrogen) atoms. The molecule has 3 N–H and O–H groups in total. The molecule has 2 saturated heterocycles. The number of rotatable bonds is 6. The van der Waals surface area contributed by atoms with Crippen molar-refractivity contribution >= 4 is 33.8 Å². The zero-order chi connectivity index (χ0) is 21.3. The van der Waals surface area contributed by atoms with Crippen LogP contribution < -0.4 is 10.6 Å². The third-order valence-electron chi connectivity index (χ3n) is 4.89. The van der Waals surface area contributed by atoms with Crippen LogP contribution in [0, 0.1) is 0 Å². The van der Waals surface area contributed by atoms with Gasteiger partial charge in [-0.3, -0.25) is 14.1 Å². The van der Waals surface area contributed by atoms with Gasteiger partial charge < -0.3 is 20.4 Å². The van der Waals surface area contributed by atoms with Crippen molar-refractivity contribution in [3.8, 4) is 0 Å². The monoisotopic (exact) mass is 425 g/mol. The number of hydrogen-bond acceptors (Lipinski definition) is 6. The Morgan fingerprint density at radius 3 is 2.48 bits per heavy atom. The van der Waals surface area contributed by atoms with Gasteiger partial charge in [0.2, 0.25) is 0 Å². The van der Waals surface area contributed by atoms with Gasteiger partial charge in [-0.15, -0.1) is 0 Å². The molecule has 0 unspecified atom stereocenters. The van der Waals surface area contributed by atoms with Gasteiger partial charge in [-0.05, 0) is 44.8 Å².